The van der Waals surface area contributed by atoms with Crippen molar-refractivity contribution in [2.24, 2.45) is 0 Å². The third-order valence-electron chi connectivity index (χ3n) is 2.47. The van der Waals surface area contributed by atoms with Crippen LogP contribution in [0.5, 0.6) is 11.5 Å². The average Bonchev–Trinajstić information content (AvgIpc) is 3.02. The number of rotatable bonds is 4. The van der Waals surface area contributed by atoms with Gasteiger partial charge >= 0.3 is 0 Å². The lowest BCUT2D eigenvalue weighted by atomic mass is 10.2. The first kappa shape index (κ1) is 10.1. The van der Waals surface area contributed by atoms with E-state index in [0.29, 0.717) is 6.10 Å². The van der Waals surface area contributed by atoms with Gasteiger partial charge in [-0.1, -0.05) is 0 Å². The fourth-order valence-electron chi connectivity index (χ4n) is 1.44. The highest BCUT2D eigenvalue weighted by Gasteiger charge is 2.24. The second-order valence-corrected chi connectivity index (χ2v) is 4.05. The van der Waals surface area contributed by atoms with Gasteiger partial charge in [0.05, 0.1) is 18.9 Å². The second kappa shape index (κ2) is 4.01. The molecule has 15 heavy (non-hydrogen) atoms. The third kappa shape index (κ3) is 2.35. The van der Waals surface area contributed by atoms with Crippen LogP contribution in [-0.2, 0) is 0 Å². The van der Waals surface area contributed by atoms with Gasteiger partial charge < -0.3 is 14.4 Å². The molecule has 1 aliphatic carbocycles. The van der Waals surface area contributed by atoms with Crippen molar-refractivity contribution in [2.45, 2.75) is 18.9 Å². The molecule has 2 rings (SSSR count). The maximum atomic E-state index is 5.82. The molecule has 0 aromatic heterocycles. The summed E-state index contributed by atoms with van der Waals surface area (Å²) in [5, 5.41) is 0. The zero-order valence-corrected chi connectivity index (χ0v) is 9.49. The third-order valence-corrected chi connectivity index (χ3v) is 2.47. The molecule has 0 amide bonds. The molecule has 3 nitrogen and oxygen atoms in total. The Morgan fingerprint density at radius 1 is 1.27 bits per heavy atom. The highest BCUT2D eigenvalue weighted by Crippen LogP contribution is 2.35. The van der Waals surface area contributed by atoms with Gasteiger partial charge in [0, 0.05) is 20.2 Å². The summed E-state index contributed by atoms with van der Waals surface area (Å²) in [5.41, 5.74) is 1.07. The molecule has 1 aromatic carbocycles. The molecule has 0 atom stereocenters. The molecule has 1 fully saturated rings. The zero-order chi connectivity index (χ0) is 10.8. The van der Waals surface area contributed by atoms with E-state index in [0.717, 1.165) is 17.2 Å². The van der Waals surface area contributed by atoms with Gasteiger partial charge in [0.1, 0.15) is 11.5 Å². The predicted octanol–water partition coefficient (Wildman–Crippen LogP) is 2.30. The molecule has 0 N–H and O–H groups in total. The van der Waals surface area contributed by atoms with Crippen molar-refractivity contribution in [3.8, 4) is 11.5 Å². The standard InChI is InChI=1S/C12H17NO2/c1-13(2)11-8-10(14-3)6-7-12(11)15-9-4-5-9/h6-9H,4-5H2,1-3H3. The number of anilines is 1. The minimum absolute atomic E-state index is 0.428. The average molecular weight is 207 g/mol. The first-order valence-electron chi connectivity index (χ1n) is 5.22. The number of methoxy groups -OCH3 is 1. The van der Waals surface area contributed by atoms with Crippen molar-refractivity contribution in [2.75, 3.05) is 26.1 Å². The van der Waals surface area contributed by atoms with Crippen LogP contribution in [0, 0.1) is 0 Å². The molecule has 1 saturated carbocycles. The molecule has 0 unspecified atom stereocenters. The topological polar surface area (TPSA) is 21.7 Å². The summed E-state index contributed by atoms with van der Waals surface area (Å²) in [6, 6.07) is 5.91. The molecule has 0 bridgehead atoms. The number of ether oxygens (including phenoxy) is 2. The van der Waals surface area contributed by atoms with Gasteiger partial charge in [-0.3, -0.25) is 0 Å². The first-order chi connectivity index (χ1) is 7.20. The maximum absolute atomic E-state index is 5.82. The summed E-state index contributed by atoms with van der Waals surface area (Å²) >= 11 is 0. The fraction of sp³-hybridized carbons (Fsp3) is 0.500. The molecule has 3 heteroatoms. The Bertz CT molecular complexity index is 345. The molecular formula is C12H17NO2. The lowest BCUT2D eigenvalue weighted by molar-refractivity contribution is 0.303. The van der Waals surface area contributed by atoms with E-state index in [1.165, 1.54) is 12.8 Å². The van der Waals surface area contributed by atoms with Crippen LogP contribution in [0.3, 0.4) is 0 Å². The Balaban J connectivity index is 2.25. The number of benzene rings is 1. The lowest BCUT2D eigenvalue weighted by Gasteiger charge is -2.18. The molecule has 0 radical (unpaired) electrons. The summed E-state index contributed by atoms with van der Waals surface area (Å²) in [4.78, 5) is 2.04. The van der Waals surface area contributed by atoms with Crippen LogP contribution in [0.4, 0.5) is 5.69 Å². The van der Waals surface area contributed by atoms with Crippen LogP contribution in [0.25, 0.3) is 0 Å². The van der Waals surface area contributed by atoms with E-state index < -0.39 is 0 Å². The molecule has 0 spiro atoms. The van der Waals surface area contributed by atoms with Gasteiger partial charge in [0.2, 0.25) is 0 Å². The normalized spacial score (nSPS) is 14.9. The largest absolute Gasteiger partial charge is 0.497 e. The lowest BCUT2D eigenvalue weighted by Crippen LogP contribution is -2.11. The number of nitrogens with zero attached hydrogens (tertiary/aromatic N) is 1. The van der Waals surface area contributed by atoms with Crippen LogP contribution in [-0.4, -0.2) is 27.3 Å². The first-order valence-corrected chi connectivity index (χ1v) is 5.22. The van der Waals surface area contributed by atoms with Crippen molar-refractivity contribution < 1.29 is 9.47 Å². The fourth-order valence-corrected chi connectivity index (χ4v) is 1.44. The summed E-state index contributed by atoms with van der Waals surface area (Å²) in [6.07, 6.45) is 2.79. The van der Waals surface area contributed by atoms with Gasteiger partial charge in [-0.2, -0.15) is 0 Å². The second-order valence-electron chi connectivity index (χ2n) is 4.05. The van der Waals surface area contributed by atoms with Crippen molar-refractivity contribution in [1.82, 2.24) is 0 Å². The van der Waals surface area contributed by atoms with Crippen molar-refractivity contribution >= 4 is 5.69 Å². The number of hydrogen-bond donors (Lipinski definition) is 0. The predicted molar refractivity (Wildman–Crippen MR) is 61.0 cm³/mol. The van der Waals surface area contributed by atoms with E-state index in [1.54, 1.807) is 7.11 Å². The maximum Gasteiger partial charge on any atom is 0.143 e. The van der Waals surface area contributed by atoms with E-state index in [1.807, 2.05) is 37.2 Å². The van der Waals surface area contributed by atoms with Crippen molar-refractivity contribution in [1.29, 1.82) is 0 Å². The van der Waals surface area contributed by atoms with Crippen LogP contribution in [0.2, 0.25) is 0 Å². The van der Waals surface area contributed by atoms with Crippen LogP contribution in [0.15, 0.2) is 18.2 Å². The van der Waals surface area contributed by atoms with Crippen LogP contribution < -0.4 is 14.4 Å². The van der Waals surface area contributed by atoms with Crippen LogP contribution in [0.1, 0.15) is 12.8 Å². The zero-order valence-electron chi connectivity index (χ0n) is 9.49. The summed E-state index contributed by atoms with van der Waals surface area (Å²) in [6.45, 7) is 0. The van der Waals surface area contributed by atoms with Gasteiger partial charge in [-0.25, -0.2) is 0 Å². The smallest absolute Gasteiger partial charge is 0.143 e. The Hall–Kier alpha value is -1.38. The highest BCUT2D eigenvalue weighted by atomic mass is 16.5. The Labute approximate surface area is 90.6 Å². The Morgan fingerprint density at radius 3 is 2.53 bits per heavy atom. The minimum atomic E-state index is 0.428. The van der Waals surface area contributed by atoms with Gasteiger partial charge in [0.25, 0.3) is 0 Å². The highest BCUT2D eigenvalue weighted by molar-refractivity contribution is 5.60. The Morgan fingerprint density at radius 2 is 2.00 bits per heavy atom. The Kier molecular flexibility index (Phi) is 2.71. The van der Waals surface area contributed by atoms with E-state index in [2.05, 4.69) is 0 Å². The van der Waals surface area contributed by atoms with E-state index in [4.69, 9.17) is 9.47 Å². The SMILES string of the molecule is COc1ccc(OC2CC2)c(N(C)C)c1. The van der Waals surface area contributed by atoms with Gasteiger partial charge in [-0.15, -0.1) is 0 Å². The molecule has 0 saturated heterocycles. The van der Waals surface area contributed by atoms with Gasteiger partial charge in [0.15, 0.2) is 0 Å². The molecule has 82 valence electrons. The minimum Gasteiger partial charge on any atom is -0.497 e. The monoisotopic (exact) mass is 207 g/mol. The molecular weight excluding hydrogens is 190 g/mol. The quantitative estimate of drug-likeness (QED) is 0.756. The summed E-state index contributed by atoms with van der Waals surface area (Å²) in [7, 11) is 5.69. The van der Waals surface area contributed by atoms with E-state index >= 15 is 0 Å². The van der Waals surface area contributed by atoms with Crippen molar-refractivity contribution in [3.05, 3.63) is 18.2 Å². The molecule has 1 aromatic rings. The van der Waals surface area contributed by atoms with Crippen molar-refractivity contribution in [3.63, 3.8) is 0 Å². The summed E-state index contributed by atoms with van der Waals surface area (Å²) < 4.78 is 11.0. The van der Waals surface area contributed by atoms with E-state index in [9.17, 15) is 0 Å². The molecule has 0 aliphatic heterocycles. The molecule has 1 aliphatic rings. The summed E-state index contributed by atoms with van der Waals surface area (Å²) in [5.74, 6) is 1.81. The molecule has 0 heterocycles. The number of hydrogen-bond acceptors (Lipinski definition) is 3. The van der Waals surface area contributed by atoms with Crippen LogP contribution >= 0.6 is 0 Å². The van der Waals surface area contributed by atoms with Gasteiger partial charge in [-0.05, 0) is 25.0 Å². The van der Waals surface area contributed by atoms with E-state index in [-0.39, 0.29) is 0 Å².